The molecule has 0 radical (unpaired) electrons. The third-order valence-electron chi connectivity index (χ3n) is 6.20. The predicted octanol–water partition coefficient (Wildman–Crippen LogP) is 2.30. The van der Waals surface area contributed by atoms with Gasteiger partial charge in [-0.25, -0.2) is 4.39 Å². The van der Waals surface area contributed by atoms with Crippen molar-refractivity contribution in [3.63, 3.8) is 0 Å². The van der Waals surface area contributed by atoms with E-state index in [2.05, 4.69) is 15.5 Å². The van der Waals surface area contributed by atoms with Gasteiger partial charge in [0, 0.05) is 43.1 Å². The summed E-state index contributed by atoms with van der Waals surface area (Å²) in [6.45, 7) is 2.34. The lowest BCUT2D eigenvalue weighted by Crippen LogP contribution is -2.55. The first kappa shape index (κ1) is 21.5. The minimum atomic E-state index is -0.357. The third kappa shape index (κ3) is 5.68. The van der Waals surface area contributed by atoms with E-state index < -0.39 is 0 Å². The topological polar surface area (TPSA) is 118 Å². The van der Waals surface area contributed by atoms with Crippen LogP contribution in [0, 0.1) is 11.2 Å². The molecule has 0 unspecified atom stereocenters. The minimum absolute atomic E-state index is 0.161. The van der Waals surface area contributed by atoms with Crippen LogP contribution in [0.1, 0.15) is 38.5 Å². The number of piperidine rings is 1. The zero-order valence-electron chi connectivity index (χ0n) is 16.7. The summed E-state index contributed by atoms with van der Waals surface area (Å²) in [6, 6.07) is 6.11. The highest BCUT2D eigenvalue weighted by Gasteiger charge is 2.36. The highest BCUT2D eigenvalue weighted by molar-refractivity contribution is 6.03. The molecule has 1 aromatic rings. The van der Waals surface area contributed by atoms with Gasteiger partial charge in [0.15, 0.2) is 11.6 Å². The van der Waals surface area contributed by atoms with Crippen molar-refractivity contribution in [2.45, 2.75) is 56.2 Å². The molecule has 1 heterocycles. The van der Waals surface area contributed by atoms with Gasteiger partial charge in [-0.2, -0.15) is 0 Å². The Hall–Kier alpha value is -2.16. The SMILES string of the molecule is N=C(Nc1ccc(F)cc1)/C(O)=C\NC1(CN)CCC(N2CCC(O)CC2)CC1. The number of anilines is 1. The van der Waals surface area contributed by atoms with Crippen LogP contribution in [0.3, 0.4) is 0 Å². The molecule has 7 N–H and O–H groups in total. The van der Waals surface area contributed by atoms with Crippen molar-refractivity contribution < 1.29 is 14.6 Å². The monoisotopic (exact) mass is 405 g/mol. The summed E-state index contributed by atoms with van der Waals surface area (Å²) in [5.74, 6) is -0.754. The van der Waals surface area contributed by atoms with Crippen molar-refractivity contribution in [2.24, 2.45) is 5.73 Å². The van der Waals surface area contributed by atoms with Gasteiger partial charge in [-0.1, -0.05) is 0 Å². The Kier molecular flexibility index (Phi) is 7.10. The normalized spacial score (nSPS) is 26.9. The summed E-state index contributed by atoms with van der Waals surface area (Å²) in [5.41, 5.74) is 6.28. The van der Waals surface area contributed by atoms with Crippen LogP contribution in [-0.2, 0) is 0 Å². The molecule has 0 atom stereocenters. The molecule has 29 heavy (non-hydrogen) atoms. The van der Waals surface area contributed by atoms with Gasteiger partial charge in [0.25, 0.3) is 0 Å². The number of halogens is 1. The lowest BCUT2D eigenvalue weighted by molar-refractivity contribution is 0.0409. The summed E-state index contributed by atoms with van der Waals surface area (Å²) in [5, 5.41) is 33.9. The number of benzene rings is 1. The average molecular weight is 406 g/mol. The summed E-state index contributed by atoms with van der Waals surface area (Å²) < 4.78 is 13.0. The first-order chi connectivity index (χ1) is 13.9. The van der Waals surface area contributed by atoms with E-state index in [9.17, 15) is 14.6 Å². The maximum absolute atomic E-state index is 13.0. The zero-order chi connectivity index (χ0) is 20.9. The van der Waals surface area contributed by atoms with Gasteiger partial charge in [0.05, 0.1) is 6.10 Å². The molecule has 0 bridgehead atoms. The van der Waals surface area contributed by atoms with Crippen molar-refractivity contribution in [1.29, 1.82) is 5.41 Å². The van der Waals surface area contributed by atoms with E-state index in [1.807, 2.05) is 0 Å². The molecular weight excluding hydrogens is 373 g/mol. The summed E-state index contributed by atoms with van der Waals surface area (Å²) in [4.78, 5) is 2.47. The number of nitrogens with one attached hydrogen (secondary N) is 3. The molecule has 1 aromatic carbocycles. The van der Waals surface area contributed by atoms with Gasteiger partial charge in [0.1, 0.15) is 5.82 Å². The second-order valence-electron chi connectivity index (χ2n) is 8.16. The Balaban J connectivity index is 1.52. The molecule has 1 saturated carbocycles. The highest BCUT2D eigenvalue weighted by Crippen LogP contribution is 2.32. The number of nitrogens with zero attached hydrogens (tertiary/aromatic N) is 1. The third-order valence-corrected chi connectivity index (χ3v) is 6.20. The van der Waals surface area contributed by atoms with Crippen LogP contribution in [0.4, 0.5) is 10.1 Å². The molecule has 2 aliphatic rings. The average Bonchev–Trinajstić information content (AvgIpc) is 2.74. The Bertz CT molecular complexity index is 708. The van der Waals surface area contributed by atoms with E-state index in [0.717, 1.165) is 51.6 Å². The van der Waals surface area contributed by atoms with Gasteiger partial charge in [-0.3, -0.25) is 5.41 Å². The fourth-order valence-corrected chi connectivity index (χ4v) is 4.21. The van der Waals surface area contributed by atoms with E-state index >= 15 is 0 Å². The molecule has 0 spiro atoms. The van der Waals surface area contributed by atoms with E-state index in [0.29, 0.717) is 18.3 Å². The Labute approximate surface area is 171 Å². The molecule has 160 valence electrons. The molecule has 3 rings (SSSR count). The second kappa shape index (κ2) is 9.56. The van der Waals surface area contributed by atoms with Crippen LogP contribution in [0.2, 0.25) is 0 Å². The molecule has 0 aromatic heterocycles. The summed E-state index contributed by atoms with van der Waals surface area (Å²) in [7, 11) is 0. The number of hydrogen-bond acceptors (Lipinski definition) is 6. The molecular formula is C21H32FN5O2. The molecule has 8 heteroatoms. The first-order valence-corrected chi connectivity index (χ1v) is 10.3. The van der Waals surface area contributed by atoms with Crippen molar-refractivity contribution in [1.82, 2.24) is 10.2 Å². The van der Waals surface area contributed by atoms with Crippen LogP contribution in [0.5, 0.6) is 0 Å². The number of aliphatic hydroxyl groups excluding tert-OH is 2. The molecule has 1 aliphatic heterocycles. The first-order valence-electron chi connectivity index (χ1n) is 10.3. The van der Waals surface area contributed by atoms with Crippen molar-refractivity contribution in [3.05, 3.63) is 42.0 Å². The van der Waals surface area contributed by atoms with Crippen LogP contribution >= 0.6 is 0 Å². The van der Waals surface area contributed by atoms with E-state index in [1.165, 1.54) is 30.5 Å². The van der Waals surface area contributed by atoms with Crippen molar-refractivity contribution in [2.75, 3.05) is 25.0 Å². The van der Waals surface area contributed by atoms with Crippen LogP contribution < -0.4 is 16.4 Å². The van der Waals surface area contributed by atoms with E-state index in [1.54, 1.807) is 0 Å². The fraction of sp³-hybridized carbons (Fsp3) is 0.571. The number of nitrogens with two attached hydrogens (primary N) is 1. The molecule has 2 fully saturated rings. The predicted molar refractivity (Wildman–Crippen MR) is 112 cm³/mol. The van der Waals surface area contributed by atoms with Crippen LogP contribution in [-0.4, -0.2) is 58.3 Å². The Morgan fingerprint density at radius 1 is 1.21 bits per heavy atom. The number of aliphatic hydroxyl groups is 2. The van der Waals surface area contributed by atoms with Gasteiger partial charge < -0.3 is 31.5 Å². The second-order valence-corrected chi connectivity index (χ2v) is 8.16. The van der Waals surface area contributed by atoms with E-state index in [-0.39, 0.29) is 29.1 Å². The largest absolute Gasteiger partial charge is 0.503 e. The van der Waals surface area contributed by atoms with E-state index in [4.69, 9.17) is 11.1 Å². The standard InChI is InChI=1S/C21H32FN5O2/c22-15-1-3-16(4-2-15)26-20(24)19(29)13-25-21(14-23)9-5-17(6-10-21)27-11-7-18(28)8-12-27/h1-4,13,17-18,25,28-29H,5-12,14,23H2,(H2,24,26)/b19-13+. The number of rotatable bonds is 6. The van der Waals surface area contributed by atoms with Crippen molar-refractivity contribution in [3.8, 4) is 0 Å². The van der Waals surface area contributed by atoms with Crippen LogP contribution in [0.25, 0.3) is 0 Å². The number of amidine groups is 1. The maximum Gasteiger partial charge on any atom is 0.173 e. The lowest BCUT2D eigenvalue weighted by Gasteiger charge is -2.45. The van der Waals surface area contributed by atoms with Gasteiger partial charge in [0.2, 0.25) is 0 Å². The molecule has 1 saturated heterocycles. The number of likely N-dealkylation sites (tertiary alicyclic amines) is 1. The Morgan fingerprint density at radius 2 is 1.83 bits per heavy atom. The molecule has 7 nitrogen and oxygen atoms in total. The lowest BCUT2D eigenvalue weighted by atomic mass is 9.78. The molecule has 0 amide bonds. The van der Waals surface area contributed by atoms with Gasteiger partial charge >= 0.3 is 0 Å². The Morgan fingerprint density at radius 3 is 2.41 bits per heavy atom. The van der Waals surface area contributed by atoms with Gasteiger partial charge in [-0.05, 0) is 62.8 Å². The highest BCUT2D eigenvalue weighted by atomic mass is 19.1. The summed E-state index contributed by atoms with van der Waals surface area (Å²) >= 11 is 0. The van der Waals surface area contributed by atoms with Crippen LogP contribution in [0.15, 0.2) is 36.2 Å². The van der Waals surface area contributed by atoms with Crippen molar-refractivity contribution >= 4 is 11.5 Å². The quantitative estimate of drug-likeness (QED) is 0.246. The van der Waals surface area contributed by atoms with Gasteiger partial charge in [-0.15, -0.1) is 0 Å². The number of hydrogen-bond donors (Lipinski definition) is 6. The fourth-order valence-electron chi connectivity index (χ4n) is 4.21. The smallest absolute Gasteiger partial charge is 0.173 e. The summed E-state index contributed by atoms with van der Waals surface area (Å²) in [6.07, 6.45) is 6.76. The molecule has 1 aliphatic carbocycles. The zero-order valence-corrected chi connectivity index (χ0v) is 16.7. The minimum Gasteiger partial charge on any atom is -0.503 e. The maximum atomic E-state index is 13.0.